The highest BCUT2D eigenvalue weighted by atomic mass is 32.1. The van der Waals surface area contributed by atoms with E-state index in [0.29, 0.717) is 26.2 Å². The fourth-order valence-electron chi connectivity index (χ4n) is 2.82. The minimum atomic E-state index is -0.587. The maximum absolute atomic E-state index is 12.2. The van der Waals surface area contributed by atoms with Crippen molar-refractivity contribution in [3.05, 3.63) is 56.9 Å². The number of thiophene rings is 2. The zero-order valence-electron chi connectivity index (χ0n) is 17.2. The Morgan fingerprint density at radius 2 is 1.16 bits per heavy atom. The van der Waals surface area contributed by atoms with Crippen molar-refractivity contribution in [3.63, 3.8) is 0 Å². The van der Waals surface area contributed by atoms with Crippen LogP contribution in [0, 0.1) is 0 Å². The normalized spacial score (nSPS) is 14.1. The van der Waals surface area contributed by atoms with Crippen molar-refractivity contribution in [2.75, 3.05) is 39.4 Å². The Bertz CT molecular complexity index is 894. The monoisotopic (exact) mass is 474 g/mol. The molecule has 168 valence electrons. The van der Waals surface area contributed by atoms with E-state index in [1.165, 1.54) is 44.6 Å². The van der Waals surface area contributed by atoms with Gasteiger partial charge in [-0.1, -0.05) is 12.1 Å². The minimum absolute atomic E-state index is 0.319. The topological polar surface area (TPSA) is 93.2 Å². The van der Waals surface area contributed by atoms with E-state index < -0.39 is 11.9 Å². The number of carbonyl (C=O) groups is 4. The van der Waals surface area contributed by atoms with Crippen molar-refractivity contribution in [3.8, 4) is 0 Å². The van der Waals surface area contributed by atoms with Gasteiger partial charge < -0.3 is 19.3 Å². The number of nitrogens with zero attached hydrogens (tertiary/aromatic N) is 2. The Balaban J connectivity index is 1.33. The Labute approximate surface area is 193 Å². The zero-order valence-corrected chi connectivity index (χ0v) is 18.8. The summed E-state index contributed by atoms with van der Waals surface area (Å²) in [5, 5.41) is 3.79. The summed E-state index contributed by atoms with van der Waals surface area (Å²) in [4.78, 5) is 52.9. The van der Waals surface area contributed by atoms with Crippen LogP contribution in [-0.2, 0) is 28.7 Å². The molecule has 32 heavy (non-hydrogen) atoms. The molecule has 0 atom stereocenters. The van der Waals surface area contributed by atoms with Gasteiger partial charge in [0, 0.05) is 48.1 Å². The van der Waals surface area contributed by atoms with Gasteiger partial charge in [-0.05, 0) is 35.0 Å². The van der Waals surface area contributed by atoms with E-state index in [1.807, 2.05) is 35.0 Å². The van der Waals surface area contributed by atoms with Crippen LogP contribution in [0.3, 0.4) is 0 Å². The first kappa shape index (κ1) is 23.4. The Morgan fingerprint density at radius 1 is 0.750 bits per heavy atom. The molecule has 0 radical (unpaired) electrons. The highest BCUT2D eigenvalue weighted by Gasteiger charge is 2.25. The van der Waals surface area contributed by atoms with Crippen LogP contribution in [0.25, 0.3) is 12.2 Å². The predicted molar refractivity (Wildman–Crippen MR) is 122 cm³/mol. The zero-order chi connectivity index (χ0) is 22.8. The van der Waals surface area contributed by atoms with Crippen molar-refractivity contribution in [2.24, 2.45) is 0 Å². The van der Waals surface area contributed by atoms with E-state index in [1.54, 1.807) is 12.2 Å². The molecular weight excluding hydrogens is 452 g/mol. The average Bonchev–Trinajstić information content (AvgIpc) is 3.52. The predicted octanol–water partition coefficient (Wildman–Crippen LogP) is 2.29. The lowest BCUT2D eigenvalue weighted by Gasteiger charge is -2.34. The number of esters is 2. The van der Waals surface area contributed by atoms with E-state index in [-0.39, 0.29) is 25.0 Å². The lowest BCUT2D eigenvalue weighted by Crippen LogP contribution is -2.52. The molecule has 0 saturated carbocycles. The van der Waals surface area contributed by atoms with Gasteiger partial charge in [-0.2, -0.15) is 0 Å². The Kier molecular flexibility index (Phi) is 8.76. The van der Waals surface area contributed by atoms with Gasteiger partial charge in [0.15, 0.2) is 13.2 Å². The number of carbonyl (C=O) groups excluding carboxylic acids is 4. The first-order valence-corrected chi connectivity index (χ1v) is 11.6. The SMILES string of the molecule is O=C(/C=C/c1cccs1)OCC(=O)N1CCN(C(=O)COC(=O)/C=C/c2cccs2)CC1. The smallest absolute Gasteiger partial charge is 0.331 e. The van der Waals surface area contributed by atoms with Gasteiger partial charge in [-0.15, -0.1) is 22.7 Å². The Hall–Kier alpha value is -3.24. The number of amides is 2. The summed E-state index contributed by atoms with van der Waals surface area (Å²) in [5.74, 6) is -1.81. The number of piperazine rings is 1. The van der Waals surface area contributed by atoms with Crippen LogP contribution in [0.5, 0.6) is 0 Å². The molecule has 10 heteroatoms. The highest BCUT2D eigenvalue weighted by molar-refractivity contribution is 7.11. The van der Waals surface area contributed by atoms with Crippen molar-refractivity contribution in [1.82, 2.24) is 9.80 Å². The molecule has 1 fully saturated rings. The van der Waals surface area contributed by atoms with Crippen LogP contribution in [-0.4, -0.2) is 72.9 Å². The lowest BCUT2D eigenvalue weighted by molar-refractivity contribution is -0.152. The van der Waals surface area contributed by atoms with Crippen LogP contribution in [0.2, 0.25) is 0 Å². The summed E-state index contributed by atoms with van der Waals surface area (Å²) in [6, 6.07) is 7.47. The molecule has 2 amide bonds. The second-order valence-electron chi connectivity index (χ2n) is 6.67. The van der Waals surface area contributed by atoms with Gasteiger partial charge >= 0.3 is 11.9 Å². The molecule has 2 aromatic rings. The summed E-state index contributed by atoms with van der Waals surface area (Å²) >= 11 is 2.98. The van der Waals surface area contributed by atoms with Gasteiger partial charge in [0.05, 0.1) is 0 Å². The molecule has 0 spiro atoms. The van der Waals surface area contributed by atoms with Crippen LogP contribution in [0.4, 0.5) is 0 Å². The molecule has 8 nitrogen and oxygen atoms in total. The third-order valence-electron chi connectivity index (χ3n) is 4.51. The van der Waals surface area contributed by atoms with E-state index in [9.17, 15) is 19.2 Å². The molecule has 2 aromatic heterocycles. The first-order chi connectivity index (χ1) is 15.5. The molecule has 1 aliphatic rings. The summed E-state index contributed by atoms with van der Waals surface area (Å²) in [6.07, 6.45) is 5.83. The van der Waals surface area contributed by atoms with Crippen molar-refractivity contribution in [1.29, 1.82) is 0 Å². The second kappa shape index (κ2) is 12.0. The lowest BCUT2D eigenvalue weighted by atomic mass is 10.3. The highest BCUT2D eigenvalue weighted by Crippen LogP contribution is 2.11. The van der Waals surface area contributed by atoms with Gasteiger partial charge in [-0.3, -0.25) is 9.59 Å². The number of ether oxygens (including phenoxy) is 2. The van der Waals surface area contributed by atoms with Crippen molar-refractivity contribution in [2.45, 2.75) is 0 Å². The summed E-state index contributed by atoms with van der Waals surface area (Å²) < 4.78 is 9.98. The van der Waals surface area contributed by atoms with E-state index in [4.69, 9.17) is 9.47 Å². The van der Waals surface area contributed by atoms with Gasteiger partial charge in [0.25, 0.3) is 11.8 Å². The third kappa shape index (κ3) is 7.47. The molecule has 0 aromatic carbocycles. The maximum Gasteiger partial charge on any atom is 0.331 e. The van der Waals surface area contributed by atoms with Gasteiger partial charge in [0.1, 0.15) is 0 Å². The third-order valence-corrected chi connectivity index (χ3v) is 6.19. The molecule has 0 unspecified atom stereocenters. The Morgan fingerprint density at radius 3 is 1.50 bits per heavy atom. The van der Waals surface area contributed by atoms with Gasteiger partial charge in [-0.25, -0.2) is 9.59 Å². The average molecular weight is 475 g/mol. The first-order valence-electron chi connectivity index (χ1n) is 9.83. The maximum atomic E-state index is 12.2. The molecule has 3 rings (SSSR count). The van der Waals surface area contributed by atoms with E-state index >= 15 is 0 Å². The molecule has 0 aliphatic carbocycles. The quantitative estimate of drug-likeness (QED) is 0.431. The van der Waals surface area contributed by atoms with E-state index in [0.717, 1.165) is 9.75 Å². The molecule has 1 saturated heterocycles. The molecule has 1 aliphatic heterocycles. The van der Waals surface area contributed by atoms with Crippen LogP contribution in [0.1, 0.15) is 9.75 Å². The molecule has 3 heterocycles. The van der Waals surface area contributed by atoms with Gasteiger partial charge in [0.2, 0.25) is 0 Å². The number of hydrogen-bond acceptors (Lipinski definition) is 8. The number of hydrogen-bond donors (Lipinski definition) is 0. The number of rotatable bonds is 8. The molecule has 0 bridgehead atoms. The molecular formula is C22H22N2O6S2. The minimum Gasteiger partial charge on any atom is -0.452 e. The molecule has 0 N–H and O–H groups in total. The van der Waals surface area contributed by atoms with Crippen LogP contribution < -0.4 is 0 Å². The van der Waals surface area contributed by atoms with Crippen molar-refractivity contribution >= 4 is 58.6 Å². The van der Waals surface area contributed by atoms with Crippen LogP contribution >= 0.6 is 22.7 Å². The summed E-state index contributed by atoms with van der Waals surface area (Å²) in [5.41, 5.74) is 0. The second-order valence-corrected chi connectivity index (χ2v) is 8.63. The summed E-state index contributed by atoms with van der Waals surface area (Å²) in [7, 11) is 0. The largest absolute Gasteiger partial charge is 0.452 e. The van der Waals surface area contributed by atoms with Crippen molar-refractivity contribution < 1.29 is 28.7 Å². The van der Waals surface area contributed by atoms with E-state index in [2.05, 4.69) is 0 Å². The summed E-state index contributed by atoms with van der Waals surface area (Å²) in [6.45, 7) is 0.572. The van der Waals surface area contributed by atoms with Crippen LogP contribution in [0.15, 0.2) is 47.2 Å². The standard InChI is InChI=1S/C22H22N2O6S2/c25-19(15-29-21(27)7-5-17-3-1-13-31-17)23-9-11-24(12-10-23)20(26)16-30-22(28)8-6-18-4-2-14-32-18/h1-8,13-14H,9-12,15-16H2/b7-5+,8-6+. The fourth-order valence-corrected chi connectivity index (χ4v) is 4.06. The fraction of sp³-hybridized carbons (Fsp3) is 0.273.